The molecule has 3 amide bonds. The normalized spacial score (nSPS) is 14.6. The van der Waals surface area contributed by atoms with Crippen molar-refractivity contribution in [3.8, 4) is 5.75 Å². The third kappa shape index (κ3) is 4.51. The molecule has 0 unspecified atom stereocenters. The molecule has 4 aromatic carbocycles. The lowest BCUT2D eigenvalue weighted by molar-refractivity contribution is -0.113. The number of nitrogens with one attached hydrogen (secondary N) is 1. The fraction of sp³-hybridized carbons (Fsp3) is 0.0370. The molecule has 5 nitrogen and oxygen atoms in total. The highest BCUT2D eigenvalue weighted by Gasteiger charge is 2.34. The van der Waals surface area contributed by atoms with E-state index in [1.807, 2.05) is 36.4 Å². The summed E-state index contributed by atoms with van der Waals surface area (Å²) in [6.45, 7) is 0.447. The van der Waals surface area contributed by atoms with Crippen molar-refractivity contribution in [3.63, 3.8) is 0 Å². The van der Waals surface area contributed by atoms with Gasteiger partial charge in [-0.1, -0.05) is 60.1 Å². The van der Waals surface area contributed by atoms with Crippen LogP contribution in [0.1, 0.15) is 11.1 Å². The van der Waals surface area contributed by atoms with Gasteiger partial charge in [0.25, 0.3) is 5.91 Å². The van der Waals surface area contributed by atoms with Crippen LogP contribution in [0.4, 0.5) is 10.5 Å². The Bertz CT molecular complexity index is 1440. The zero-order chi connectivity index (χ0) is 23.7. The molecule has 0 bridgehead atoms. The SMILES string of the molecule is O=C1N/C(=C/c2ccc(OCc3cccc4ccccc34)c(I)c2)C(=O)N1c1ccc(Cl)cc1. The minimum Gasteiger partial charge on any atom is -0.488 e. The van der Waals surface area contributed by atoms with Gasteiger partial charge in [-0.05, 0) is 87.0 Å². The van der Waals surface area contributed by atoms with E-state index in [-0.39, 0.29) is 5.70 Å². The second-order valence-electron chi connectivity index (χ2n) is 7.72. The molecule has 1 heterocycles. The van der Waals surface area contributed by atoms with Gasteiger partial charge in [0.15, 0.2) is 0 Å². The van der Waals surface area contributed by atoms with Gasteiger partial charge in [-0.2, -0.15) is 0 Å². The zero-order valence-electron chi connectivity index (χ0n) is 17.8. The predicted octanol–water partition coefficient (Wildman–Crippen LogP) is 6.77. The standard InChI is InChI=1S/C27H18ClIN2O3/c28-20-9-11-21(12-10-20)31-26(32)24(30-27(31)33)15-17-8-13-25(23(29)14-17)34-16-19-6-3-5-18-4-1-2-7-22(18)19/h1-15H,16H2,(H,30,33)/b24-15+. The predicted molar refractivity (Wildman–Crippen MR) is 143 cm³/mol. The van der Waals surface area contributed by atoms with Gasteiger partial charge in [-0.15, -0.1) is 0 Å². The summed E-state index contributed by atoms with van der Waals surface area (Å²) < 4.78 is 7.00. The average Bonchev–Trinajstić information content (AvgIpc) is 3.11. The number of amides is 3. The van der Waals surface area contributed by atoms with Crippen LogP contribution in [0.15, 0.2) is 90.6 Å². The summed E-state index contributed by atoms with van der Waals surface area (Å²) in [5.41, 5.74) is 2.56. The van der Waals surface area contributed by atoms with Crippen LogP contribution in [0, 0.1) is 3.57 Å². The van der Waals surface area contributed by atoms with Crippen LogP contribution in [0.2, 0.25) is 5.02 Å². The molecule has 1 N–H and O–H groups in total. The number of hydrogen-bond donors (Lipinski definition) is 1. The van der Waals surface area contributed by atoms with Crippen LogP contribution in [-0.4, -0.2) is 11.9 Å². The molecule has 0 aliphatic carbocycles. The lowest BCUT2D eigenvalue weighted by Gasteiger charge is -2.11. The maximum atomic E-state index is 12.8. The zero-order valence-corrected chi connectivity index (χ0v) is 20.7. The molecule has 4 aromatic rings. The molecule has 0 spiro atoms. The van der Waals surface area contributed by atoms with Crippen molar-refractivity contribution in [2.75, 3.05) is 4.90 Å². The van der Waals surface area contributed by atoms with E-state index in [1.165, 1.54) is 10.8 Å². The largest absolute Gasteiger partial charge is 0.488 e. The molecule has 1 aliphatic rings. The van der Waals surface area contributed by atoms with Crippen molar-refractivity contribution in [1.82, 2.24) is 5.32 Å². The highest BCUT2D eigenvalue weighted by molar-refractivity contribution is 14.1. The number of nitrogens with zero attached hydrogens (tertiary/aromatic N) is 1. The number of carbonyl (C=O) groups excluding carboxylic acids is 2. The fourth-order valence-electron chi connectivity index (χ4n) is 3.82. The molecule has 5 rings (SSSR count). The molecule has 1 fully saturated rings. The van der Waals surface area contributed by atoms with Crippen molar-refractivity contribution >= 4 is 68.7 Å². The Kier molecular flexibility index (Phi) is 6.26. The second kappa shape index (κ2) is 9.48. The Labute approximate surface area is 215 Å². The van der Waals surface area contributed by atoms with Gasteiger partial charge in [0, 0.05) is 5.02 Å². The van der Waals surface area contributed by atoms with Crippen LogP contribution >= 0.6 is 34.2 Å². The van der Waals surface area contributed by atoms with Gasteiger partial charge >= 0.3 is 6.03 Å². The van der Waals surface area contributed by atoms with Crippen molar-refractivity contribution in [3.05, 3.63) is 110 Å². The van der Waals surface area contributed by atoms with Crippen LogP contribution in [0.5, 0.6) is 5.75 Å². The Hall–Kier alpha value is -3.36. The van der Waals surface area contributed by atoms with Crippen LogP contribution in [0.3, 0.4) is 0 Å². The Balaban J connectivity index is 1.33. The maximum Gasteiger partial charge on any atom is 0.333 e. The lowest BCUT2D eigenvalue weighted by atomic mass is 10.1. The third-order valence-corrected chi connectivity index (χ3v) is 6.59. The molecule has 0 atom stereocenters. The Morgan fingerprint density at radius 2 is 1.71 bits per heavy atom. The second-order valence-corrected chi connectivity index (χ2v) is 9.32. The van der Waals surface area contributed by atoms with E-state index in [2.05, 4.69) is 52.2 Å². The van der Waals surface area contributed by atoms with E-state index >= 15 is 0 Å². The fourth-order valence-corrected chi connectivity index (χ4v) is 4.65. The molecule has 0 saturated carbocycles. The van der Waals surface area contributed by atoms with Crippen molar-refractivity contribution in [1.29, 1.82) is 0 Å². The van der Waals surface area contributed by atoms with Crippen molar-refractivity contribution in [2.24, 2.45) is 0 Å². The number of urea groups is 1. The van der Waals surface area contributed by atoms with Gasteiger partial charge in [-0.25, -0.2) is 9.69 Å². The average molecular weight is 581 g/mol. The van der Waals surface area contributed by atoms with E-state index in [9.17, 15) is 9.59 Å². The summed E-state index contributed by atoms with van der Waals surface area (Å²) >= 11 is 8.12. The van der Waals surface area contributed by atoms with Gasteiger partial charge in [0.2, 0.25) is 0 Å². The van der Waals surface area contributed by atoms with Crippen LogP contribution in [-0.2, 0) is 11.4 Å². The number of ether oxygens (including phenoxy) is 1. The van der Waals surface area contributed by atoms with Crippen molar-refractivity contribution < 1.29 is 14.3 Å². The first-order valence-corrected chi connectivity index (χ1v) is 12.0. The van der Waals surface area contributed by atoms with Crippen LogP contribution in [0.25, 0.3) is 16.8 Å². The summed E-state index contributed by atoms with van der Waals surface area (Å²) in [6, 6.07) is 26.1. The monoisotopic (exact) mass is 580 g/mol. The number of fused-ring (bicyclic) bond motifs is 1. The Morgan fingerprint density at radius 3 is 2.50 bits per heavy atom. The number of rotatable bonds is 5. The van der Waals surface area contributed by atoms with E-state index in [1.54, 1.807) is 30.3 Å². The number of hydrogen-bond acceptors (Lipinski definition) is 3. The quantitative estimate of drug-likeness (QED) is 0.161. The number of halogens is 2. The maximum absolute atomic E-state index is 12.8. The lowest BCUT2D eigenvalue weighted by Crippen LogP contribution is -2.30. The molecule has 1 aliphatic heterocycles. The molecule has 34 heavy (non-hydrogen) atoms. The summed E-state index contributed by atoms with van der Waals surface area (Å²) in [6.07, 6.45) is 1.66. The smallest absolute Gasteiger partial charge is 0.333 e. The first kappa shape index (κ1) is 22.4. The van der Waals surface area contributed by atoms with E-state index in [4.69, 9.17) is 16.3 Å². The number of benzene rings is 4. The molecule has 1 saturated heterocycles. The topological polar surface area (TPSA) is 58.6 Å². The van der Waals surface area contributed by atoms with Gasteiger partial charge in [0.1, 0.15) is 18.1 Å². The first-order valence-electron chi connectivity index (χ1n) is 10.5. The summed E-state index contributed by atoms with van der Waals surface area (Å²) in [4.78, 5) is 26.3. The number of anilines is 1. The van der Waals surface area contributed by atoms with Gasteiger partial charge < -0.3 is 10.1 Å². The number of imide groups is 1. The summed E-state index contributed by atoms with van der Waals surface area (Å²) in [5, 5.41) is 5.52. The molecular weight excluding hydrogens is 563 g/mol. The highest BCUT2D eigenvalue weighted by Crippen LogP contribution is 2.28. The summed E-state index contributed by atoms with van der Waals surface area (Å²) in [5.74, 6) is 0.332. The molecule has 168 valence electrons. The summed E-state index contributed by atoms with van der Waals surface area (Å²) in [7, 11) is 0. The Morgan fingerprint density at radius 1 is 0.941 bits per heavy atom. The minimum atomic E-state index is -0.497. The molecular formula is C27H18ClIN2O3. The van der Waals surface area contributed by atoms with E-state index in [0.717, 1.165) is 25.3 Å². The van der Waals surface area contributed by atoms with Crippen LogP contribution < -0.4 is 15.0 Å². The minimum absolute atomic E-state index is 0.208. The molecule has 0 aromatic heterocycles. The van der Waals surface area contributed by atoms with Gasteiger partial charge in [-0.3, -0.25) is 4.79 Å². The first-order chi connectivity index (χ1) is 16.5. The molecule has 0 radical (unpaired) electrons. The van der Waals surface area contributed by atoms with E-state index in [0.29, 0.717) is 17.3 Å². The molecule has 7 heteroatoms. The van der Waals surface area contributed by atoms with E-state index < -0.39 is 11.9 Å². The van der Waals surface area contributed by atoms with Crippen molar-refractivity contribution in [2.45, 2.75) is 6.61 Å². The van der Waals surface area contributed by atoms with Gasteiger partial charge in [0.05, 0.1) is 9.26 Å². The number of carbonyl (C=O) groups is 2. The highest BCUT2D eigenvalue weighted by atomic mass is 127. The third-order valence-electron chi connectivity index (χ3n) is 5.49.